The van der Waals surface area contributed by atoms with Gasteiger partial charge in [0.1, 0.15) is 11.3 Å². The van der Waals surface area contributed by atoms with Crippen molar-refractivity contribution in [2.45, 2.75) is 46.1 Å². The molecule has 0 saturated carbocycles. The highest BCUT2D eigenvalue weighted by Crippen LogP contribution is 2.32. The molecule has 1 N–H and O–H groups in total. The zero-order valence-electron chi connectivity index (χ0n) is 19.2. The molecule has 182 valence electrons. The number of amides is 1. The number of carbonyl (C=O) groups is 1. The maximum atomic E-state index is 13.1. The van der Waals surface area contributed by atoms with Gasteiger partial charge in [-0.15, -0.1) is 0 Å². The first-order chi connectivity index (χ1) is 15.3. The number of ether oxygens (including phenoxy) is 2. The summed E-state index contributed by atoms with van der Waals surface area (Å²) in [5.74, 6) is -2.95. The van der Waals surface area contributed by atoms with Gasteiger partial charge in [0.25, 0.3) is 11.5 Å². The van der Waals surface area contributed by atoms with E-state index in [9.17, 15) is 18.4 Å². The van der Waals surface area contributed by atoms with E-state index in [0.29, 0.717) is 18.9 Å². The summed E-state index contributed by atoms with van der Waals surface area (Å²) in [4.78, 5) is 29.2. The largest absolute Gasteiger partial charge is 0.472 e. The van der Waals surface area contributed by atoms with Crippen molar-refractivity contribution in [2.75, 3.05) is 18.5 Å². The van der Waals surface area contributed by atoms with Gasteiger partial charge in [-0.25, -0.2) is 18.6 Å². The van der Waals surface area contributed by atoms with Gasteiger partial charge < -0.3 is 13.7 Å². The van der Waals surface area contributed by atoms with Crippen LogP contribution in [0.5, 0.6) is 11.6 Å². The Bertz CT molecular complexity index is 1030. The molecule has 0 bridgehead atoms. The van der Waals surface area contributed by atoms with Crippen LogP contribution in [0.1, 0.15) is 34.6 Å². The molecule has 9 nitrogen and oxygen atoms in total. The molecule has 0 fully saturated rings. The SMILES string of the molecule is CCOSOc1cc(NC(=O)OC(C)(C)C)cnc1-c1ccc(OCC(C)(F)F)n(C)c1=O. The van der Waals surface area contributed by atoms with Crippen LogP contribution in [0, 0.1) is 0 Å². The monoisotopic (exact) mass is 487 g/mol. The van der Waals surface area contributed by atoms with Crippen molar-refractivity contribution in [2.24, 2.45) is 7.05 Å². The van der Waals surface area contributed by atoms with E-state index in [1.807, 2.05) is 0 Å². The van der Waals surface area contributed by atoms with E-state index in [1.165, 1.54) is 31.4 Å². The lowest BCUT2D eigenvalue weighted by atomic mass is 10.1. The number of pyridine rings is 2. The minimum atomic E-state index is -3.05. The molecule has 0 aliphatic heterocycles. The van der Waals surface area contributed by atoms with Crippen molar-refractivity contribution in [3.8, 4) is 22.9 Å². The minimum absolute atomic E-state index is 0.0281. The predicted octanol–water partition coefficient (Wildman–Crippen LogP) is 4.81. The molecule has 0 aromatic carbocycles. The summed E-state index contributed by atoms with van der Waals surface area (Å²) >= 11 is 0.676. The van der Waals surface area contributed by atoms with Gasteiger partial charge in [-0.05, 0) is 39.8 Å². The zero-order valence-corrected chi connectivity index (χ0v) is 20.0. The topological polar surface area (TPSA) is 101 Å². The van der Waals surface area contributed by atoms with Crippen molar-refractivity contribution in [3.05, 3.63) is 34.7 Å². The Morgan fingerprint density at radius 1 is 1.24 bits per heavy atom. The molecule has 0 saturated heterocycles. The molecule has 0 radical (unpaired) electrons. The quantitative estimate of drug-likeness (QED) is 0.397. The molecule has 2 rings (SSSR count). The summed E-state index contributed by atoms with van der Waals surface area (Å²) < 4.78 is 48.3. The van der Waals surface area contributed by atoms with Crippen LogP contribution in [-0.2, 0) is 16.0 Å². The number of rotatable bonds is 9. The molecule has 2 aromatic heterocycles. The third-order valence-electron chi connectivity index (χ3n) is 3.77. The van der Waals surface area contributed by atoms with Crippen LogP contribution in [0.25, 0.3) is 11.3 Å². The molecule has 0 aliphatic carbocycles. The number of hydrogen-bond donors (Lipinski definition) is 1. The summed E-state index contributed by atoms with van der Waals surface area (Å²) in [6, 6.07) is 4.24. The van der Waals surface area contributed by atoms with Crippen molar-refractivity contribution >= 4 is 24.1 Å². The van der Waals surface area contributed by atoms with E-state index < -0.39 is 29.8 Å². The first-order valence-electron chi connectivity index (χ1n) is 9.98. The van der Waals surface area contributed by atoms with E-state index in [1.54, 1.807) is 27.7 Å². The van der Waals surface area contributed by atoms with E-state index in [0.717, 1.165) is 11.5 Å². The van der Waals surface area contributed by atoms with Crippen molar-refractivity contribution < 1.29 is 31.4 Å². The molecule has 0 aliphatic rings. The third kappa shape index (κ3) is 8.21. The minimum Gasteiger partial charge on any atom is -0.472 e. The molecule has 2 aromatic rings. The van der Waals surface area contributed by atoms with Crippen LogP contribution in [0.3, 0.4) is 0 Å². The highest BCUT2D eigenvalue weighted by atomic mass is 32.2. The van der Waals surface area contributed by atoms with Gasteiger partial charge >= 0.3 is 6.09 Å². The van der Waals surface area contributed by atoms with Crippen molar-refractivity contribution in [1.82, 2.24) is 9.55 Å². The summed E-state index contributed by atoms with van der Waals surface area (Å²) in [6.45, 7) is 7.16. The van der Waals surface area contributed by atoms with E-state index in [2.05, 4.69) is 10.3 Å². The normalized spacial score (nSPS) is 11.8. The lowest BCUT2D eigenvalue weighted by molar-refractivity contribution is -0.0252. The van der Waals surface area contributed by atoms with Gasteiger partial charge in [0, 0.05) is 20.0 Å². The van der Waals surface area contributed by atoms with E-state index >= 15 is 0 Å². The van der Waals surface area contributed by atoms with Crippen molar-refractivity contribution in [3.63, 3.8) is 0 Å². The highest BCUT2D eigenvalue weighted by Gasteiger charge is 2.24. The van der Waals surface area contributed by atoms with Gasteiger partial charge in [0.05, 0.1) is 24.1 Å². The number of aromatic nitrogens is 2. The molecule has 33 heavy (non-hydrogen) atoms. The average molecular weight is 488 g/mol. The first-order valence-corrected chi connectivity index (χ1v) is 10.6. The van der Waals surface area contributed by atoms with Gasteiger partial charge in [0.15, 0.2) is 18.2 Å². The van der Waals surface area contributed by atoms with Crippen LogP contribution in [0.2, 0.25) is 0 Å². The Balaban J connectivity index is 2.38. The lowest BCUT2D eigenvalue weighted by Crippen LogP contribution is -2.27. The molecular weight excluding hydrogens is 460 g/mol. The zero-order chi connectivity index (χ0) is 24.8. The van der Waals surface area contributed by atoms with Crippen LogP contribution in [0.4, 0.5) is 19.3 Å². The fourth-order valence-electron chi connectivity index (χ4n) is 2.45. The van der Waals surface area contributed by atoms with Gasteiger partial charge in [-0.3, -0.25) is 18.9 Å². The van der Waals surface area contributed by atoms with E-state index in [4.69, 9.17) is 17.8 Å². The van der Waals surface area contributed by atoms with Crippen LogP contribution in [0.15, 0.2) is 29.2 Å². The van der Waals surface area contributed by atoms with E-state index in [-0.39, 0.29) is 28.6 Å². The Kier molecular flexibility index (Phi) is 8.67. The number of alkyl halides is 2. The fourth-order valence-corrected chi connectivity index (χ4v) is 2.80. The Morgan fingerprint density at radius 2 is 1.94 bits per heavy atom. The second-order valence-electron chi connectivity index (χ2n) is 8.06. The molecule has 0 unspecified atom stereocenters. The molecule has 2 heterocycles. The first kappa shape index (κ1) is 26.4. The second-order valence-corrected chi connectivity index (χ2v) is 8.60. The number of hydrogen-bond acceptors (Lipinski definition) is 8. The fraction of sp³-hybridized carbons (Fsp3) is 0.476. The lowest BCUT2D eigenvalue weighted by Gasteiger charge is -2.20. The Morgan fingerprint density at radius 3 is 2.55 bits per heavy atom. The summed E-state index contributed by atoms with van der Waals surface area (Å²) in [7, 11) is 1.39. The second kappa shape index (κ2) is 10.8. The standard InChI is InChI=1S/C21H27F2N3O6S/c1-7-30-33-32-15-10-13(25-19(28)31-20(2,3)4)11-24-17(15)14-8-9-16(26(6)18(14)27)29-12-21(5,22)23/h8-11H,7,12H2,1-6H3,(H,25,28). The maximum absolute atomic E-state index is 13.1. The average Bonchev–Trinajstić information content (AvgIpc) is 2.68. The Labute approximate surface area is 194 Å². The summed E-state index contributed by atoms with van der Waals surface area (Å²) in [5.41, 5.74) is -0.686. The number of nitrogens with zero attached hydrogens (tertiary/aromatic N) is 2. The van der Waals surface area contributed by atoms with Gasteiger partial charge in [-0.2, -0.15) is 0 Å². The van der Waals surface area contributed by atoms with Gasteiger partial charge in [0.2, 0.25) is 12.3 Å². The highest BCUT2D eigenvalue weighted by molar-refractivity contribution is 7.90. The maximum Gasteiger partial charge on any atom is 0.412 e. The molecule has 0 spiro atoms. The number of halogens is 2. The molecule has 1 amide bonds. The van der Waals surface area contributed by atoms with Gasteiger partial charge in [-0.1, -0.05) is 0 Å². The van der Waals surface area contributed by atoms with Crippen LogP contribution < -0.4 is 19.8 Å². The Hall–Kier alpha value is -2.86. The number of carbonyl (C=O) groups excluding carboxylic acids is 1. The van der Waals surface area contributed by atoms with Crippen LogP contribution >= 0.6 is 12.3 Å². The summed E-state index contributed by atoms with van der Waals surface area (Å²) in [6.07, 6.45) is 0.643. The molecular formula is C21H27F2N3O6S. The van der Waals surface area contributed by atoms with Crippen LogP contribution in [-0.4, -0.2) is 40.4 Å². The summed E-state index contributed by atoms with van der Waals surface area (Å²) in [5, 5.41) is 2.55. The number of nitrogens with one attached hydrogen (secondary N) is 1. The predicted molar refractivity (Wildman–Crippen MR) is 121 cm³/mol. The molecule has 12 heteroatoms. The van der Waals surface area contributed by atoms with Crippen molar-refractivity contribution in [1.29, 1.82) is 0 Å². The third-order valence-corrected chi connectivity index (χ3v) is 4.35. The smallest absolute Gasteiger partial charge is 0.412 e. The number of anilines is 1. The molecule has 0 atom stereocenters.